The van der Waals surface area contributed by atoms with Crippen molar-refractivity contribution in [3.05, 3.63) is 70.1 Å². The number of aryl methyl sites for hydroxylation is 2. The van der Waals surface area contributed by atoms with Crippen molar-refractivity contribution in [2.24, 2.45) is 7.05 Å². The highest BCUT2D eigenvalue weighted by molar-refractivity contribution is 6.32. The summed E-state index contributed by atoms with van der Waals surface area (Å²) in [5, 5.41) is 11.9. The Morgan fingerprint density at radius 3 is 2.59 bits per heavy atom. The molecule has 3 aromatic heterocycles. The van der Waals surface area contributed by atoms with E-state index < -0.39 is 0 Å². The summed E-state index contributed by atoms with van der Waals surface area (Å²) < 4.78 is 8.62. The first kappa shape index (κ1) is 28.7. The molecule has 0 spiro atoms. The average Bonchev–Trinajstić information content (AvgIpc) is 3.56. The summed E-state index contributed by atoms with van der Waals surface area (Å²) in [7, 11) is 3.32. The third-order valence-electron chi connectivity index (χ3n) is 7.89. The first-order chi connectivity index (χ1) is 19.6. The molecular formula is C31H37ClN6O3. The molecule has 10 heteroatoms. The molecular weight excluding hydrogens is 540 g/mol. The number of anilines is 1. The Morgan fingerprint density at radius 2 is 1.95 bits per heavy atom. The first-order valence-electron chi connectivity index (χ1n) is 13.9. The number of pyridine rings is 2. The van der Waals surface area contributed by atoms with E-state index in [1.165, 1.54) is 9.13 Å². The van der Waals surface area contributed by atoms with Crippen molar-refractivity contribution in [1.82, 2.24) is 24.0 Å². The molecule has 1 aliphatic heterocycles. The highest BCUT2D eigenvalue weighted by atomic mass is 35.5. The van der Waals surface area contributed by atoms with Crippen molar-refractivity contribution in [3.8, 4) is 39.7 Å². The van der Waals surface area contributed by atoms with Gasteiger partial charge in [-0.3, -0.25) is 9.47 Å². The Kier molecular flexibility index (Phi) is 8.11. The molecule has 0 aliphatic carbocycles. The zero-order valence-corrected chi connectivity index (χ0v) is 25.2. The third-order valence-corrected chi connectivity index (χ3v) is 8.19. The van der Waals surface area contributed by atoms with Gasteiger partial charge in [-0.1, -0.05) is 24.6 Å². The number of imidazole rings is 1. The SMILES string of the molecule is CCN(C(C)C)[C@@H]1CCN(c2cc(-c3nc(C)cc(-c4ccc(-n5ccn(C)c5=O)c(Cl)c4)c3O)cnc2OC)C1. The minimum Gasteiger partial charge on any atom is -0.505 e. The lowest BCUT2D eigenvalue weighted by Gasteiger charge is -2.31. The zero-order chi connectivity index (χ0) is 29.4. The highest BCUT2D eigenvalue weighted by Crippen LogP contribution is 2.41. The lowest BCUT2D eigenvalue weighted by molar-refractivity contribution is 0.174. The molecule has 1 aromatic carbocycles. The molecule has 1 aliphatic rings. The molecule has 0 unspecified atom stereocenters. The molecule has 41 heavy (non-hydrogen) atoms. The van der Waals surface area contributed by atoms with E-state index in [-0.39, 0.29) is 11.4 Å². The van der Waals surface area contributed by atoms with Crippen LogP contribution in [0.2, 0.25) is 5.02 Å². The summed E-state index contributed by atoms with van der Waals surface area (Å²) in [6, 6.07) is 10.1. The second-order valence-electron chi connectivity index (χ2n) is 10.8. The fourth-order valence-electron chi connectivity index (χ4n) is 5.84. The van der Waals surface area contributed by atoms with Crippen LogP contribution in [0.4, 0.5) is 5.69 Å². The van der Waals surface area contributed by atoms with Crippen LogP contribution in [0.1, 0.15) is 32.9 Å². The van der Waals surface area contributed by atoms with Gasteiger partial charge in [0.25, 0.3) is 0 Å². The quantitative estimate of drug-likeness (QED) is 0.305. The minimum atomic E-state index is -0.191. The van der Waals surface area contributed by atoms with Gasteiger partial charge in [0.05, 0.1) is 17.8 Å². The Morgan fingerprint density at radius 1 is 1.17 bits per heavy atom. The Bertz CT molecular complexity index is 1630. The van der Waals surface area contributed by atoms with E-state index in [4.69, 9.17) is 21.3 Å². The maximum Gasteiger partial charge on any atom is 0.332 e. The largest absolute Gasteiger partial charge is 0.505 e. The number of aromatic nitrogens is 4. The van der Waals surface area contributed by atoms with Gasteiger partial charge in [-0.05, 0) is 63.6 Å². The molecule has 216 valence electrons. The lowest BCUT2D eigenvalue weighted by atomic mass is 10.0. The summed E-state index contributed by atoms with van der Waals surface area (Å²) in [6.07, 6.45) is 6.10. The van der Waals surface area contributed by atoms with E-state index in [1.807, 2.05) is 25.1 Å². The predicted molar refractivity (Wildman–Crippen MR) is 164 cm³/mol. The molecule has 4 aromatic rings. The molecule has 1 saturated heterocycles. The van der Waals surface area contributed by atoms with E-state index in [9.17, 15) is 9.90 Å². The second kappa shape index (κ2) is 11.6. The van der Waals surface area contributed by atoms with Gasteiger partial charge in [0.1, 0.15) is 17.1 Å². The third kappa shape index (κ3) is 5.44. The van der Waals surface area contributed by atoms with Gasteiger partial charge < -0.3 is 19.3 Å². The number of hydrogen-bond donors (Lipinski definition) is 1. The summed E-state index contributed by atoms with van der Waals surface area (Å²) in [5.74, 6) is 0.582. The molecule has 0 radical (unpaired) electrons. The molecule has 1 N–H and O–H groups in total. The van der Waals surface area contributed by atoms with Gasteiger partial charge in [-0.2, -0.15) is 0 Å². The fraction of sp³-hybridized carbons (Fsp3) is 0.387. The number of methoxy groups -OCH3 is 1. The van der Waals surface area contributed by atoms with Crippen LogP contribution in [0.25, 0.3) is 28.1 Å². The Hall–Kier alpha value is -3.82. The number of likely N-dealkylation sites (N-methyl/N-ethyl adjacent to an activating group) is 1. The Balaban J connectivity index is 1.52. The van der Waals surface area contributed by atoms with Crippen LogP contribution < -0.4 is 15.3 Å². The molecule has 5 rings (SSSR count). The fourth-order valence-corrected chi connectivity index (χ4v) is 6.11. The van der Waals surface area contributed by atoms with Crippen molar-refractivity contribution in [2.75, 3.05) is 31.6 Å². The molecule has 9 nitrogen and oxygen atoms in total. The highest BCUT2D eigenvalue weighted by Gasteiger charge is 2.30. The summed E-state index contributed by atoms with van der Waals surface area (Å²) in [5.41, 5.74) is 4.44. The van der Waals surface area contributed by atoms with Gasteiger partial charge in [-0.25, -0.2) is 14.8 Å². The Labute approximate surface area is 245 Å². The van der Waals surface area contributed by atoms with Crippen LogP contribution in [0.15, 0.2) is 53.7 Å². The molecule has 4 heterocycles. The van der Waals surface area contributed by atoms with Crippen LogP contribution in [0, 0.1) is 6.92 Å². The van der Waals surface area contributed by atoms with Crippen molar-refractivity contribution in [2.45, 2.75) is 46.2 Å². The maximum atomic E-state index is 12.4. The monoisotopic (exact) mass is 576 g/mol. The number of benzene rings is 1. The van der Waals surface area contributed by atoms with Gasteiger partial charge in [0.2, 0.25) is 5.88 Å². The summed E-state index contributed by atoms with van der Waals surface area (Å²) in [6.45, 7) is 11.3. The van der Waals surface area contributed by atoms with E-state index in [0.29, 0.717) is 51.1 Å². The molecule has 1 atom stereocenters. The van der Waals surface area contributed by atoms with Crippen LogP contribution in [0.3, 0.4) is 0 Å². The van der Waals surface area contributed by atoms with Crippen LogP contribution in [-0.2, 0) is 7.05 Å². The number of aromatic hydroxyl groups is 1. The number of halogens is 1. The van der Waals surface area contributed by atoms with E-state index in [0.717, 1.165) is 37.4 Å². The predicted octanol–water partition coefficient (Wildman–Crippen LogP) is 5.29. The molecule has 0 amide bonds. The van der Waals surface area contributed by atoms with Crippen LogP contribution >= 0.6 is 11.6 Å². The van der Waals surface area contributed by atoms with Crippen LogP contribution in [0.5, 0.6) is 11.6 Å². The zero-order valence-electron chi connectivity index (χ0n) is 24.4. The molecule has 0 saturated carbocycles. The number of rotatable bonds is 8. The van der Waals surface area contributed by atoms with Gasteiger partial charge >= 0.3 is 5.69 Å². The second-order valence-corrected chi connectivity index (χ2v) is 11.2. The molecule has 0 bridgehead atoms. The minimum absolute atomic E-state index is 0.0328. The molecule has 1 fully saturated rings. The lowest BCUT2D eigenvalue weighted by Crippen LogP contribution is -2.42. The van der Waals surface area contributed by atoms with Gasteiger partial charge in [0, 0.05) is 67.6 Å². The normalized spacial score (nSPS) is 15.3. The van der Waals surface area contributed by atoms with Gasteiger partial charge in [0.15, 0.2) is 0 Å². The maximum absolute atomic E-state index is 12.4. The summed E-state index contributed by atoms with van der Waals surface area (Å²) >= 11 is 6.64. The first-order valence-corrected chi connectivity index (χ1v) is 14.3. The number of nitrogens with zero attached hydrogens (tertiary/aromatic N) is 6. The van der Waals surface area contributed by atoms with Crippen molar-refractivity contribution in [3.63, 3.8) is 0 Å². The smallest absolute Gasteiger partial charge is 0.332 e. The van der Waals surface area contributed by atoms with Crippen molar-refractivity contribution >= 4 is 17.3 Å². The van der Waals surface area contributed by atoms with Crippen LogP contribution in [-0.4, -0.2) is 67.9 Å². The number of ether oxygens (including phenoxy) is 1. The standard InChI is InChI=1S/C31H37ClN6O3/c1-7-37(19(2)3)23-10-11-36(18-23)27-16-22(17-33-30(27)41-6)28-29(39)24(14-20(4)34-28)21-8-9-26(25(32)15-21)38-13-12-35(5)31(38)40/h8-9,12-17,19,23,39H,7,10-11,18H2,1-6H3/t23-/m1/s1. The topological polar surface area (TPSA) is 88.7 Å². The number of hydrogen-bond acceptors (Lipinski definition) is 7. The van der Waals surface area contributed by atoms with Crippen molar-refractivity contribution < 1.29 is 9.84 Å². The van der Waals surface area contributed by atoms with E-state index in [1.54, 1.807) is 44.9 Å². The summed E-state index contributed by atoms with van der Waals surface area (Å²) in [4.78, 5) is 26.6. The average molecular weight is 577 g/mol. The van der Waals surface area contributed by atoms with E-state index in [2.05, 4.69) is 35.6 Å². The van der Waals surface area contributed by atoms with E-state index >= 15 is 0 Å². The van der Waals surface area contributed by atoms with Gasteiger partial charge in [-0.15, -0.1) is 0 Å². The van der Waals surface area contributed by atoms with Crippen molar-refractivity contribution in [1.29, 1.82) is 0 Å².